The Bertz CT molecular complexity index is 2100. The molecule has 0 aliphatic rings. The average Bonchev–Trinajstić information content (AvgIpc) is 0.899. The number of unbranched alkanes of at least 4 members (excludes halogenated alkanes) is 60. The summed E-state index contributed by atoms with van der Waals surface area (Å²) in [6, 6.07) is 0. The molecule has 0 fully saturated rings. The van der Waals surface area contributed by atoms with Crippen LogP contribution in [0.4, 0.5) is 0 Å². The van der Waals surface area contributed by atoms with Crippen LogP contribution in [0.1, 0.15) is 491 Å². The molecule has 19 heteroatoms. The number of carbonyl (C=O) groups excluding carboxylic acids is 4. The van der Waals surface area contributed by atoms with Crippen LogP contribution < -0.4 is 0 Å². The van der Waals surface area contributed by atoms with Crippen LogP contribution >= 0.6 is 15.6 Å². The highest BCUT2D eigenvalue weighted by molar-refractivity contribution is 7.47. The molecule has 0 rings (SSSR count). The van der Waals surface area contributed by atoms with Crippen molar-refractivity contribution in [1.29, 1.82) is 0 Å². The number of aliphatic hydroxyl groups is 1. The number of phosphoric acid groups is 2. The van der Waals surface area contributed by atoms with Crippen molar-refractivity contribution in [1.82, 2.24) is 0 Å². The monoisotopic (exact) mass is 1610 g/mol. The topological polar surface area (TPSA) is 237 Å². The molecule has 0 spiro atoms. The van der Waals surface area contributed by atoms with E-state index in [0.717, 1.165) is 102 Å². The smallest absolute Gasteiger partial charge is 0.462 e. The van der Waals surface area contributed by atoms with Gasteiger partial charge in [-0.05, 0) is 37.5 Å². The molecule has 0 heterocycles. The zero-order valence-electron chi connectivity index (χ0n) is 72.6. The van der Waals surface area contributed by atoms with E-state index in [2.05, 4.69) is 41.5 Å². The fourth-order valence-electron chi connectivity index (χ4n) is 14.3. The van der Waals surface area contributed by atoms with E-state index in [1.165, 1.54) is 308 Å². The second-order valence-electron chi connectivity index (χ2n) is 33.6. The van der Waals surface area contributed by atoms with Crippen molar-refractivity contribution in [2.75, 3.05) is 39.6 Å². The number of hydrogen-bond acceptors (Lipinski definition) is 15. The van der Waals surface area contributed by atoms with E-state index in [1.807, 2.05) is 0 Å². The van der Waals surface area contributed by atoms with Gasteiger partial charge in [0.1, 0.15) is 19.3 Å². The number of ether oxygens (including phenoxy) is 4. The van der Waals surface area contributed by atoms with Crippen molar-refractivity contribution < 1.29 is 80.2 Å². The highest BCUT2D eigenvalue weighted by atomic mass is 31.2. The number of esters is 4. The summed E-state index contributed by atoms with van der Waals surface area (Å²) in [5, 5.41) is 10.7. The molecule has 3 N–H and O–H groups in total. The van der Waals surface area contributed by atoms with Gasteiger partial charge in [0.05, 0.1) is 26.4 Å². The largest absolute Gasteiger partial charge is 0.472 e. The van der Waals surface area contributed by atoms with Gasteiger partial charge in [0.25, 0.3) is 0 Å². The first-order chi connectivity index (χ1) is 53.4. The van der Waals surface area contributed by atoms with Gasteiger partial charge in [-0.3, -0.25) is 37.3 Å². The zero-order valence-corrected chi connectivity index (χ0v) is 74.4. The molecule has 110 heavy (non-hydrogen) atoms. The molecule has 0 aliphatic carbocycles. The summed E-state index contributed by atoms with van der Waals surface area (Å²) >= 11 is 0. The summed E-state index contributed by atoms with van der Waals surface area (Å²) in [6.07, 6.45) is 76.3. The third kappa shape index (κ3) is 84.0. The molecule has 0 saturated carbocycles. The van der Waals surface area contributed by atoms with Crippen molar-refractivity contribution >= 4 is 39.5 Å². The lowest BCUT2D eigenvalue weighted by Gasteiger charge is -2.21. The molecule has 0 aromatic carbocycles. The minimum absolute atomic E-state index is 0.109. The lowest BCUT2D eigenvalue weighted by Crippen LogP contribution is -2.30. The van der Waals surface area contributed by atoms with Gasteiger partial charge in [0, 0.05) is 25.7 Å². The van der Waals surface area contributed by atoms with E-state index >= 15 is 0 Å². The highest BCUT2D eigenvalue weighted by Crippen LogP contribution is 2.45. The number of aliphatic hydroxyl groups excluding tert-OH is 1. The van der Waals surface area contributed by atoms with E-state index in [4.69, 9.17) is 37.0 Å². The normalized spacial score (nSPS) is 13.7. The minimum atomic E-state index is -4.97. The van der Waals surface area contributed by atoms with Crippen molar-refractivity contribution in [2.45, 2.75) is 509 Å². The number of rotatable bonds is 90. The molecular weight excluding hydrogens is 1430 g/mol. The van der Waals surface area contributed by atoms with Crippen molar-refractivity contribution in [3.8, 4) is 0 Å². The van der Waals surface area contributed by atoms with Crippen LogP contribution in [0, 0.1) is 11.8 Å². The molecule has 0 bridgehead atoms. The maximum atomic E-state index is 13.2. The predicted octanol–water partition coefficient (Wildman–Crippen LogP) is 28.2. The third-order valence-corrected chi connectivity index (χ3v) is 23.4. The molecule has 0 aromatic heterocycles. The fourth-order valence-corrected chi connectivity index (χ4v) is 15.9. The molecule has 654 valence electrons. The Labute approximate surface area is 677 Å². The van der Waals surface area contributed by atoms with Crippen LogP contribution in [-0.4, -0.2) is 96.7 Å². The Morgan fingerprint density at radius 1 is 0.245 bits per heavy atom. The van der Waals surface area contributed by atoms with E-state index in [0.29, 0.717) is 25.7 Å². The van der Waals surface area contributed by atoms with Gasteiger partial charge in [-0.15, -0.1) is 0 Å². The molecule has 17 nitrogen and oxygen atoms in total. The molecule has 5 atom stereocenters. The number of carbonyl (C=O) groups is 4. The Balaban J connectivity index is 5.26. The van der Waals surface area contributed by atoms with Gasteiger partial charge in [-0.2, -0.15) is 0 Å². The number of hydrogen-bond donors (Lipinski definition) is 3. The lowest BCUT2D eigenvalue weighted by molar-refractivity contribution is -0.161. The van der Waals surface area contributed by atoms with Gasteiger partial charge in [-0.25, -0.2) is 9.13 Å². The molecule has 0 amide bonds. The van der Waals surface area contributed by atoms with Crippen LogP contribution in [0.3, 0.4) is 0 Å². The quantitative estimate of drug-likeness (QED) is 0.0222. The van der Waals surface area contributed by atoms with E-state index < -0.39 is 97.5 Å². The lowest BCUT2D eigenvalue weighted by atomic mass is 10.0. The van der Waals surface area contributed by atoms with Crippen LogP contribution in [0.25, 0.3) is 0 Å². The van der Waals surface area contributed by atoms with E-state index in [-0.39, 0.29) is 25.7 Å². The summed E-state index contributed by atoms with van der Waals surface area (Å²) in [4.78, 5) is 73.4. The summed E-state index contributed by atoms with van der Waals surface area (Å²) in [5.41, 5.74) is 0. The second kappa shape index (κ2) is 82.2. The van der Waals surface area contributed by atoms with Crippen molar-refractivity contribution in [3.63, 3.8) is 0 Å². The first kappa shape index (κ1) is 108. The minimum Gasteiger partial charge on any atom is -0.462 e. The van der Waals surface area contributed by atoms with Crippen molar-refractivity contribution in [3.05, 3.63) is 0 Å². The van der Waals surface area contributed by atoms with Gasteiger partial charge < -0.3 is 33.8 Å². The van der Waals surface area contributed by atoms with Crippen molar-refractivity contribution in [2.24, 2.45) is 11.8 Å². The standard InChI is InChI=1S/C91H178O17P2/c1-7-9-11-13-15-17-19-21-22-25-33-39-45-51-57-63-69-75-90(95)107-86(79-101-88(93)73-67-61-55-49-43-35-20-18-16-14-12-10-8-2)81-105-109(97,98)103-77-85(92)78-104-110(99,100)106-82-87(80-102-89(94)74-68-62-56-50-44-38-32-29-28-31-37-42-48-54-60-66-72-84(5)6)108-91(96)76-70-64-58-52-46-40-34-27-24-23-26-30-36-41-47-53-59-65-71-83(3)4/h83-87,92H,7-82H2,1-6H3,(H,97,98)(H,99,100)/t85-,86+,87+/m0/s1. The first-order valence-electron chi connectivity index (χ1n) is 47.0. The maximum absolute atomic E-state index is 13.2. The van der Waals surface area contributed by atoms with Gasteiger partial charge in [0.15, 0.2) is 12.2 Å². The first-order valence-corrected chi connectivity index (χ1v) is 50.0. The third-order valence-electron chi connectivity index (χ3n) is 21.5. The summed E-state index contributed by atoms with van der Waals surface area (Å²) in [7, 11) is -9.94. The maximum Gasteiger partial charge on any atom is 0.472 e. The highest BCUT2D eigenvalue weighted by Gasteiger charge is 2.31. The predicted molar refractivity (Wildman–Crippen MR) is 455 cm³/mol. The molecule has 0 radical (unpaired) electrons. The van der Waals surface area contributed by atoms with Gasteiger partial charge >= 0.3 is 39.5 Å². The summed E-state index contributed by atoms with van der Waals surface area (Å²) in [6.45, 7) is 9.78. The summed E-state index contributed by atoms with van der Waals surface area (Å²) < 4.78 is 69.1. The van der Waals surface area contributed by atoms with Crippen LogP contribution in [0.2, 0.25) is 0 Å². The summed E-state index contributed by atoms with van der Waals surface area (Å²) in [5.74, 6) is -0.460. The second-order valence-corrected chi connectivity index (χ2v) is 36.6. The van der Waals surface area contributed by atoms with E-state index in [9.17, 15) is 43.2 Å². The SMILES string of the molecule is CCCCCCCCCCCCCCCCCCCC(=O)O[C@H](COC(=O)CCCCCCCCCCCCCCC)COP(=O)(O)OC[C@H](O)COP(=O)(O)OC[C@@H](COC(=O)CCCCCCCCCCCCCCCCCCC(C)C)OC(=O)CCCCCCCCCCCCCCCCCCCCC(C)C. The van der Waals surface area contributed by atoms with Gasteiger partial charge in [-0.1, -0.05) is 440 Å². The van der Waals surface area contributed by atoms with E-state index in [1.54, 1.807) is 0 Å². The Morgan fingerprint density at radius 3 is 0.618 bits per heavy atom. The fraction of sp³-hybridized carbons (Fsp3) is 0.956. The van der Waals surface area contributed by atoms with Gasteiger partial charge in [0.2, 0.25) is 0 Å². The zero-order chi connectivity index (χ0) is 80.6. The Hall–Kier alpha value is -1.94. The Morgan fingerprint density at radius 2 is 0.418 bits per heavy atom. The average molecular weight is 1610 g/mol. The van der Waals surface area contributed by atoms with Crippen LogP contribution in [0.5, 0.6) is 0 Å². The molecule has 0 aliphatic heterocycles. The molecule has 0 saturated heterocycles. The van der Waals surface area contributed by atoms with Crippen LogP contribution in [0.15, 0.2) is 0 Å². The molecule has 2 unspecified atom stereocenters. The number of phosphoric ester groups is 2. The molecular formula is C91H178O17P2. The molecule has 0 aromatic rings. The Kier molecular flexibility index (Phi) is 80.7. The van der Waals surface area contributed by atoms with Crippen LogP contribution in [-0.2, 0) is 65.4 Å².